The van der Waals surface area contributed by atoms with Crippen molar-refractivity contribution in [2.24, 2.45) is 17.0 Å². The molecule has 4 nitrogen and oxygen atoms in total. The molecule has 0 spiro atoms. The number of benzene rings is 2. The first-order valence-corrected chi connectivity index (χ1v) is 11.8. The van der Waals surface area contributed by atoms with Crippen LogP contribution >= 0.6 is 39.1 Å². The molecule has 0 saturated heterocycles. The lowest BCUT2D eigenvalue weighted by Gasteiger charge is -2.34. The number of hydrogen-bond donors (Lipinski definition) is 0. The van der Waals surface area contributed by atoms with Crippen LogP contribution in [0.2, 0.25) is 10.0 Å². The molecule has 1 heterocycles. The van der Waals surface area contributed by atoms with E-state index >= 15 is 0 Å². The maximum Gasteiger partial charge on any atom is 0.436 e. The van der Waals surface area contributed by atoms with E-state index in [9.17, 15) is 18.0 Å². The second-order valence-electron chi connectivity index (χ2n) is 8.46. The molecule has 176 valence electrons. The molecule has 0 N–H and O–H groups in total. The first kappa shape index (κ1) is 24.4. The third-order valence-corrected chi connectivity index (χ3v) is 7.25. The van der Waals surface area contributed by atoms with Crippen molar-refractivity contribution in [1.82, 2.24) is 4.90 Å². The van der Waals surface area contributed by atoms with Crippen molar-refractivity contribution in [3.63, 3.8) is 0 Å². The fourth-order valence-corrected chi connectivity index (χ4v) is 5.15. The minimum absolute atomic E-state index is 0.0716. The van der Waals surface area contributed by atoms with Crippen LogP contribution in [0.5, 0.6) is 0 Å². The minimum Gasteiger partial charge on any atom is -0.374 e. The zero-order chi connectivity index (χ0) is 24.1. The van der Waals surface area contributed by atoms with Crippen molar-refractivity contribution in [2.75, 3.05) is 7.05 Å². The number of alkyl halides is 3. The molecule has 10 heteroatoms. The molecule has 4 rings (SSSR count). The van der Waals surface area contributed by atoms with E-state index in [0.717, 1.165) is 18.4 Å². The van der Waals surface area contributed by atoms with Gasteiger partial charge in [-0.3, -0.25) is 4.79 Å². The lowest BCUT2D eigenvalue weighted by atomic mass is 9.78. The summed E-state index contributed by atoms with van der Waals surface area (Å²) in [6.07, 6.45) is -2.95. The van der Waals surface area contributed by atoms with E-state index in [1.54, 1.807) is 30.1 Å². The molecule has 0 aromatic heterocycles. The smallest absolute Gasteiger partial charge is 0.374 e. The van der Waals surface area contributed by atoms with Gasteiger partial charge in [0.2, 0.25) is 5.91 Å². The van der Waals surface area contributed by atoms with Gasteiger partial charge in [0.25, 0.3) is 5.60 Å². The zero-order valence-corrected chi connectivity index (χ0v) is 20.8. The molecule has 1 aliphatic carbocycles. The normalized spacial score (nSPS) is 22.7. The number of amides is 1. The van der Waals surface area contributed by atoms with Crippen LogP contribution in [0.1, 0.15) is 36.5 Å². The Morgan fingerprint density at radius 1 is 1.21 bits per heavy atom. The molecule has 2 unspecified atom stereocenters. The number of nitrogens with zero attached hydrogens (tertiary/aromatic N) is 2. The highest BCUT2D eigenvalue weighted by Gasteiger charge is 2.66. The van der Waals surface area contributed by atoms with Crippen LogP contribution in [0, 0.1) is 11.8 Å². The number of carbonyl (C=O) groups excluding carboxylic acids is 1. The van der Waals surface area contributed by atoms with Crippen molar-refractivity contribution in [1.29, 1.82) is 0 Å². The summed E-state index contributed by atoms with van der Waals surface area (Å²) in [7, 11) is 1.74. The summed E-state index contributed by atoms with van der Waals surface area (Å²) < 4.78 is 43.9. The van der Waals surface area contributed by atoms with Gasteiger partial charge in [-0.1, -0.05) is 63.3 Å². The summed E-state index contributed by atoms with van der Waals surface area (Å²) in [6, 6.07) is 8.91. The van der Waals surface area contributed by atoms with Gasteiger partial charge in [-0.05, 0) is 42.7 Å². The van der Waals surface area contributed by atoms with Gasteiger partial charge < -0.3 is 9.74 Å². The fraction of sp³-hybridized carbons (Fsp3) is 0.391. The van der Waals surface area contributed by atoms with Gasteiger partial charge in [-0.15, -0.1) is 0 Å². The van der Waals surface area contributed by atoms with Crippen molar-refractivity contribution in [3.8, 4) is 0 Å². The Morgan fingerprint density at radius 3 is 2.39 bits per heavy atom. The Labute approximate surface area is 207 Å². The Balaban J connectivity index is 1.63. The molecular weight excluding hydrogens is 544 g/mol. The van der Waals surface area contributed by atoms with Crippen LogP contribution < -0.4 is 0 Å². The maximum atomic E-state index is 14.4. The molecule has 2 aromatic rings. The number of oxime groups is 1. The summed E-state index contributed by atoms with van der Waals surface area (Å²) in [5.74, 6) is -0.971. The Hall–Kier alpha value is -1.77. The van der Waals surface area contributed by atoms with Crippen LogP contribution in [0.25, 0.3) is 0 Å². The number of carbonyl (C=O) groups is 1. The zero-order valence-electron chi connectivity index (χ0n) is 17.7. The van der Waals surface area contributed by atoms with E-state index in [-0.39, 0.29) is 33.1 Å². The van der Waals surface area contributed by atoms with E-state index < -0.39 is 17.7 Å². The third kappa shape index (κ3) is 4.49. The summed E-state index contributed by atoms with van der Waals surface area (Å²) in [6.45, 7) is 1.81. The van der Waals surface area contributed by atoms with Gasteiger partial charge >= 0.3 is 6.18 Å². The first-order valence-electron chi connectivity index (χ1n) is 10.3. The van der Waals surface area contributed by atoms with Crippen LogP contribution in [-0.4, -0.2) is 29.7 Å². The van der Waals surface area contributed by atoms with Gasteiger partial charge in [0.05, 0.1) is 11.6 Å². The predicted octanol–water partition coefficient (Wildman–Crippen LogP) is 6.95. The quantitative estimate of drug-likeness (QED) is 0.395. The third-order valence-electron chi connectivity index (χ3n) is 6.08. The minimum atomic E-state index is -4.78. The molecule has 2 aliphatic rings. The van der Waals surface area contributed by atoms with E-state index in [2.05, 4.69) is 21.1 Å². The Morgan fingerprint density at radius 2 is 1.85 bits per heavy atom. The molecule has 0 bridgehead atoms. The first-order chi connectivity index (χ1) is 15.4. The van der Waals surface area contributed by atoms with Gasteiger partial charge in [0, 0.05) is 45.2 Å². The van der Waals surface area contributed by atoms with Crippen molar-refractivity contribution in [2.45, 2.75) is 38.1 Å². The number of halogens is 6. The lowest BCUT2D eigenvalue weighted by Crippen LogP contribution is -2.48. The lowest BCUT2D eigenvalue weighted by molar-refractivity contribution is -0.287. The van der Waals surface area contributed by atoms with E-state index in [1.165, 1.54) is 25.1 Å². The van der Waals surface area contributed by atoms with E-state index in [4.69, 9.17) is 28.0 Å². The molecular formula is C23H20BrCl2F3N2O2. The molecule has 2 aromatic carbocycles. The van der Waals surface area contributed by atoms with Crippen molar-refractivity contribution < 1.29 is 22.8 Å². The van der Waals surface area contributed by atoms with Crippen molar-refractivity contribution >= 4 is 50.8 Å². The highest BCUT2D eigenvalue weighted by molar-refractivity contribution is 9.10. The van der Waals surface area contributed by atoms with Gasteiger partial charge in [-0.2, -0.15) is 13.2 Å². The molecule has 1 amide bonds. The average molecular weight is 564 g/mol. The van der Waals surface area contributed by atoms with Gasteiger partial charge in [-0.25, -0.2) is 0 Å². The second-order valence-corrected chi connectivity index (χ2v) is 10.2. The van der Waals surface area contributed by atoms with Gasteiger partial charge in [0.15, 0.2) is 0 Å². The highest BCUT2D eigenvalue weighted by atomic mass is 79.9. The number of hydrogen-bond acceptors (Lipinski definition) is 3. The van der Waals surface area contributed by atoms with Crippen LogP contribution in [0.3, 0.4) is 0 Å². The summed E-state index contributed by atoms with van der Waals surface area (Å²) in [5.41, 5.74) is -1.47. The summed E-state index contributed by atoms with van der Waals surface area (Å²) in [5, 5.41) is 4.00. The number of rotatable bonds is 5. The average Bonchev–Trinajstić information content (AvgIpc) is 3.50. The van der Waals surface area contributed by atoms with E-state index in [0.29, 0.717) is 16.6 Å². The maximum absolute atomic E-state index is 14.4. The van der Waals surface area contributed by atoms with Crippen LogP contribution in [-0.2, 0) is 21.8 Å². The molecule has 33 heavy (non-hydrogen) atoms. The predicted molar refractivity (Wildman–Crippen MR) is 124 cm³/mol. The summed E-state index contributed by atoms with van der Waals surface area (Å²) in [4.78, 5) is 19.1. The van der Waals surface area contributed by atoms with Crippen LogP contribution in [0.4, 0.5) is 13.2 Å². The topological polar surface area (TPSA) is 41.9 Å². The molecule has 1 fully saturated rings. The highest BCUT2D eigenvalue weighted by Crippen LogP contribution is 2.52. The Bertz CT molecular complexity index is 1120. The SMILES string of the molecule is CC1C(c2ccc(CN(C)C(=O)C3CC3)c(Br)c2)=NOC1(c1cc(Cl)cc(Cl)c1)C(F)(F)F. The van der Waals surface area contributed by atoms with Crippen LogP contribution in [0.15, 0.2) is 46.0 Å². The summed E-state index contributed by atoms with van der Waals surface area (Å²) >= 11 is 15.5. The molecule has 1 saturated carbocycles. The monoisotopic (exact) mass is 562 g/mol. The van der Waals surface area contributed by atoms with Gasteiger partial charge in [0.1, 0.15) is 0 Å². The second kappa shape index (κ2) is 8.78. The largest absolute Gasteiger partial charge is 0.436 e. The molecule has 1 aliphatic heterocycles. The standard InChI is InChI=1S/C23H20BrCl2F3N2O2/c1-12-20(14-5-6-15(19(24)7-14)11-31(2)21(32)13-3-4-13)30-33-22(12,23(27,28)29)16-8-17(25)10-18(26)9-16/h5-10,12-13H,3-4,11H2,1-2H3. The molecule has 0 radical (unpaired) electrons. The fourth-order valence-electron chi connectivity index (χ4n) is 4.12. The Kier molecular flexibility index (Phi) is 6.48. The van der Waals surface area contributed by atoms with Crippen molar-refractivity contribution in [3.05, 3.63) is 67.6 Å². The van der Waals surface area contributed by atoms with E-state index in [1.807, 2.05) is 0 Å². The molecule has 2 atom stereocenters.